The topological polar surface area (TPSA) is 35.6 Å². The zero-order chi connectivity index (χ0) is 16.8. The van der Waals surface area contributed by atoms with Gasteiger partial charge in [-0.3, -0.25) is 9.69 Å². The van der Waals surface area contributed by atoms with Gasteiger partial charge in [0.05, 0.1) is 6.54 Å². The van der Waals surface area contributed by atoms with E-state index in [2.05, 4.69) is 5.32 Å². The number of halogens is 1. The molecule has 2 aromatic rings. The molecule has 0 spiro atoms. The number of amides is 1. The molecule has 1 N–H and O–H groups in total. The zero-order valence-corrected chi connectivity index (χ0v) is 13.7. The second-order valence-corrected chi connectivity index (χ2v) is 5.79. The van der Waals surface area contributed by atoms with Gasteiger partial charge in [0.2, 0.25) is 5.91 Å². The van der Waals surface area contributed by atoms with Crippen LogP contribution >= 0.6 is 0 Å². The summed E-state index contributed by atoms with van der Waals surface area (Å²) < 4.78 is 12.9. The lowest BCUT2D eigenvalue weighted by Crippen LogP contribution is -2.29. The highest BCUT2D eigenvalue weighted by atomic mass is 19.1. The van der Waals surface area contributed by atoms with Gasteiger partial charge in [-0.1, -0.05) is 12.1 Å². The molecule has 0 saturated carbocycles. The van der Waals surface area contributed by atoms with Crippen molar-refractivity contribution in [3.8, 4) is 0 Å². The number of carbonyl (C=O) groups is 1. The molecule has 0 fully saturated rings. The van der Waals surface area contributed by atoms with Crippen molar-refractivity contribution in [1.29, 1.82) is 0 Å². The number of nitrogens with one attached hydrogen (secondary N) is 1. The molecular formula is C18H22FN3O. The van der Waals surface area contributed by atoms with Crippen LogP contribution < -0.4 is 10.2 Å². The zero-order valence-electron chi connectivity index (χ0n) is 13.7. The highest BCUT2D eigenvalue weighted by Crippen LogP contribution is 2.15. The van der Waals surface area contributed by atoms with Crippen LogP contribution in [0, 0.1) is 5.82 Å². The first-order valence-corrected chi connectivity index (χ1v) is 7.44. The summed E-state index contributed by atoms with van der Waals surface area (Å²) in [6.07, 6.45) is 0. The number of rotatable bonds is 6. The van der Waals surface area contributed by atoms with E-state index < -0.39 is 0 Å². The van der Waals surface area contributed by atoms with Crippen molar-refractivity contribution < 1.29 is 9.18 Å². The number of hydrogen-bond acceptors (Lipinski definition) is 3. The summed E-state index contributed by atoms with van der Waals surface area (Å²) >= 11 is 0. The lowest BCUT2D eigenvalue weighted by molar-refractivity contribution is -0.117. The van der Waals surface area contributed by atoms with Crippen LogP contribution in [0.5, 0.6) is 0 Å². The molecular weight excluding hydrogens is 293 g/mol. The molecule has 0 bridgehead atoms. The van der Waals surface area contributed by atoms with Gasteiger partial charge in [0.1, 0.15) is 5.82 Å². The number of anilines is 2. The molecule has 0 heterocycles. The summed E-state index contributed by atoms with van der Waals surface area (Å²) in [4.78, 5) is 16.0. The molecule has 0 radical (unpaired) electrons. The minimum Gasteiger partial charge on any atom is -0.378 e. The van der Waals surface area contributed by atoms with E-state index in [9.17, 15) is 9.18 Å². The van der Waals surface area contributed by atoms with E-state index in [0.717, 1.165) is 16.9 Å². The molecule has 5 heteroatoms. The van der Waals surface area contributed by atoms with Gasteiger partial charge in [-0.15, -0.1) is 0 Å². The first kappa shape index (κ1) is 17.0. The van der Waals surface area contributed by atoms with Crippen molar-refractivity contribution >= 4 is 17.3 Å². The summed E-state index contributed by atoms with van der Waals surface area (Å²) in [5, 5.41) is 2.87. The third kappa shape index (κ3) is 5.38. The van der Waals surface area contributed by atoms with Crippen molar-refractivity contribution in [1.82, 2.24) is 4.90 Å². The number of likely N-dealkylation sites (N-methyl/N-ethyl adjacent to an activating group) is 1. The first-order valence-electron chi connectivity index (χ1n) is 7.44. The number of benzene rings is 2. The Labute approximate surface area is 136 Å². The van der Waals surface area contributed by atoms with Crippen molar-refractivity contribution in [3.63, 3.8) is 0 Å². The van der Waals surface area contributed by atoms with E-state index in [-0.39, 0.29) is 18.3 Å². The molecule has 2 rings (SSSR count). The lowest BCUT2D eigenvalue weighted by atomic mass is 10.2. The van der Waals surface area contributed by atoms with Gasteiger partial charge in [-0.2, -0.15) is 0 Å². The normalized spacial score (nSPS) is 10.7. The van der Waals surface area contributed by atoms with E-state index in [4.69, 9.17) is 0 Å². The fraction of sp³-hybridized carbons (Fsp3) is 0.278. The van der Waals surface area contributed by atoms with Crippen molar-refractivity contribution in [2.75, 3.05) is 37.9 Å². The van der Waals surface area contributed by atoms with E-state index >= 15 is 0 Å². The quantitative estimate of drug-likeness (QED) is 0.890. The SMILES string of the molecule is CN(CC(=O)Nc1ccc(N(C)C)cc1)Cc1ccc(F)cc1. The second-order valence-electron chi connectivity index (χ2n) is 5.79. The van der Waals surface area contributed by atoms with Crippen LogP contribution in [0.3, 0.4) is 0 Å². The van der Waals surface area contributed by atoms with Gasteiger partial charge in [-0.05, 0) is 49.0 Å². The fourth-order valence-electron chi connectivity index (χ4n) is 2.25. The molecule has 1 amide bonds. The van der Waals surface area contributed by atoms with Crippen LogP contribution in [0.25, 0.3) is 0 Å². The van der Waals surface area contributed by atoms with Crippen LogP contribution in [0.1, 0.15) is 5.56 Å². The predicted octanol–water partition coefficient (Wildman–Crippen LogP) is 2.96. The second kappa shape index (κ2) is 7.74. The summed E-state index contributed by atoms with van der Waals surface area (Å²) in [5.74, 6) is -0.331. The Morgan fingerprint density at radius 1 is 1.00 bits per heavy atom. The minimum atomic E-state index is -0.254. The molecule has 0 aliphatic carbocycles. The molecule has 0 unspecified atom stereocenters. The molecule has 4 nitrogen and oxygen atoms in total. The Morgan fingerprint density at radius 3 is 2.17 bits per heavy atom. The molecule has 122 valence electrons. The van der Waals surface area contributed by atoms with Gasteiger partial charge >= 0.3 is 0 Å². The van der Waals surface area contributed by atoms with Crippen LogP contribution in [0.2, 0.25) is 0 Å². The average molecular weight is 315 g/mol. The summed E-state index contributed by atoms with van der Waals surface area (Å²) in [5.41, 5.74) is 2.82. The Morgan fingerprint density at radius 2 is 1.61 bits per heavy atom. The Kier molecular flexibility index (Phi) is 5.71. The minimum absolute atomic E-state index is 0.0767. The number of nitrogens with zero attached hydrogens (tertiary/aromatic N) is 2. The molecule has 2 aromatic carbocycles. The summed E-state index contributed by atoms with van der Waals surface area (Å²) in [6, 6.07) is 14.0. The maximum absolute atomic E-state index is 12.9. The van der Waals surface area contributed by atoms with Crippen LogP contribution in [0.15, 0.2) is 48.5 Å². The summed E-state index contributed by atoms with van der Waals surface area (Å²) in [6.45, 7) is 0.861. The molecule has 0 aliphatic heterocycles. The van der Waals surface area contributed by atoms with Gasteiger partial charge in [0, 0.05) is 32.0 Å². The predicted molar refractivity (Wildman–Crippen MR) is 92.1 cm³/mol. The highest BCUT2D eigenvalue weighted by molar-refractivity contribution is 5.92. The van der Waals surface area contributed by atoms with Crippen molar-refractivity contribution in [3.05, 3.63) is 59.9 Å². The smallest absolute Gasteiger partial charge is 0.238 e. The van der Waals surface area contributed by atoms with Crippen LogP contribution in [0.4, 0.5) is 15.8 Å². The Bertz CT molecular complexity index is 638. The average Bonchev–Trinajstić information content (AvgIpc) is 2.50. The first-order chi connectivity index (χ1) is 10.9. The third-order valence-corrected chi connectivity index (χ3v) is 3.45. The van der Waals surface area contributed by atoms with Gasteiger partial charge < -0.3 is 10.2 Å². The highest BCUT2D eigenvalue weighted by Gasteiger charge is 2.08. The monoisotopic (exact) mass is 315 g/mol. The summed E-state index contributed by atoms with van der Waals surface area (Å²) in [7, 11) is 5.80. The van der Waals surface area contributed by atoms with E-state index in [1.54, 1.807) is 12.1 Å². The van der Waals surface area contributed by atoms with Crippen molar-refractivity contribution in [2.45, 2.75) is 6.54 Å². The number of carbonyl (C=O) groups excluding carboxylic acids is 1. The van der Waals surface area contributed by atoms with E-state index in [1.807, 2.05) is 55.2 Å². The molecule has 0 saturated heterocycles. The lowest BCUT2D eigenvalue weighted by Gasteiger charge is -2.17. The van der Waals surface area contributed by atoms with Crippen LogP contribution in [-0.2, 0) is 11.3 Å². The maximum atomic E-state index is 12.9. The molecule has 0 atom stereocenters. The van der Waals surface area contributed by atoms with E-state index in [0.29, 0.717) is 6.54 Å². The Balaban J connectivity index is 1.84. The van der Waals surface area contributed by atoms with Gasteiger partial charge in [0.25, 0.3) is 0 Å². The maximum Gasteiger partial charge on any atom is 0.238 e. The fourth-order valence-corrected chi connectivity index (χ4v) is 2.25. The van der Waals surface area contributed by atoms with Crippen molar-refractivity contribution in [2.24, 2.45) is 0 Å². The van der Waals surface area contributed by atoms with Gasteiger partial charge in [-0.25, -0.2) is 4.39 Å². The van der Waals surface area contributed by atoms with E-state index in [1.165, 1.54) is 12.1 Å². The third-order valence-electron chi connectivity index (χ3n) is 3.45. The molecule has 23 heavy (non-hydrogen) atoms. The molecule has 0 aromatic heterocycles. The van der Waals surface area contributed by atoms with Gasteiger partial charge in [0.15, 0.2) is 0 Å². The standard InChI is InChI=1S/C18H22FN3O/c1-21(2)17-10-8-16(9-11-17)20-18(23)13-22(3)12-14-4-6-15(19)7-5-14/h4-11H,12-13H2,1-3H3,(H,20,23). The van der Waals surface area contributed by atoms with Crippen LogP contribution in [-0.4, -0.2) is 38.5 Å². The Hall–Kier alpha value is -2.40. The number of hydrogen-bond donors (Lipinski definition) is 1. The largest absolute Gasteiger partial charge is 0.378 e. The molecule has 0 aliphatic rings.